The van der Waals surface area contributed by atoms with Gasteiger partial charge in [0, 0.05) is 24.1 Å². The smallest absolute Gasteiger partial charge is 0.447 e. The number of benzene rings is 1. The van der Waals surface area contributed by atoms with Crippen molar-refractivity contribution in [3.8, 4) is 11.5 Å². The van der Waals surface area contributed by atoms with Gasteiger partial charge in [-0.25, -0.2) is 4.98 Å². The van der Waals surface area contributed by atoms with Gasteiger partial charge < -0.3 is 14.5 Å². The number of aryl methyl sites for hydroxylation is 1. The molecule has 1 N–H and O–H groups in total. The molecular formula is C16H12F3N3O2S. The summed E-state index contributed by atoms with van der Waals surface area (Å²) in [4.78, 5) is 11.6. The van der Waals surface area contributed by atoms with Gasteiger partial charge in [0.15, 0.2) is 16.7 Å². The Hall–Kier alpha value is -2.42. The van der Waals surface area contributed by atoms with E-state index in [1.54, 1.807) is 6.20 Å². The average molecular weight is 367 g/mol. The normalized spacial score (nSPS) is 18.5. The maximum absolute atomic E-state index is 13.3. The summed E-state index contributed by atoms with van der Waals surface area (Å²) in [5, 5.41) is 0.587. The molecule has 130 valence electrons. The van der Waals surface area contributed by atoms with Crippen LogP contribution in [0.4, 0.5) is 13.2 Å². The fourth-order valence-electron chi connectivity index (χ4n) is 2.43. The summed E-state index contributed by atoms with van der Waals surface area (Å²) in [5.74, 6) is 0.264. The quantitative estimate of drug-likeness (QED) is 0.703. The first-order valence-corrected chi connectivity index (χ1v) is 8.35. The monoisotopic (exact) mass is 367 g/mol. The molecule has 1 aliphatic rings. The first-order valence-electron chi connectivity index (χ1n) is 7.36. The highest BCUT2D eigenvalue weighted by Gasteiger charge is 2.49. The van der Waals surface area contributed by atoms with Gasteiger partial charge in [0.25, 0.3) is 0 Å². The Bertz CT molecular complexity index is 948. The molecule has 0 spiro atoms. The lowest BCUT2D eigenvalue weighted by atomic mass is 10.2. The third-order valence-corrected chi connectivity index (χ3v) is 4.50. The Labute approximate surface area is 144 Å². The molecule has 5 nitrogen and oxygen atoms in total. The van der Waals surface area contributed by atoms with Crippen molar-refractivity contribution < 1.29 is 22.6 Å². The van der Waals surface area contributed by atoms with E-state index in [1.807, 2.05) is 19.1 Å². The fourth-order valence-corrected chi connectivity index (χ4v) is 3.22. The number of rotatable bonds is 3. The zero-order chi connectivity index (χ0) is 17.6. The third-order valence-electron chi connectivity index (χ3n) is 3.60. The molecule has 0 saturated heterocycles. The SMILES string of the molecule is Cc1ccnc(CSc2nc3cc4c(cc3[nH]2)OC(F)C(F)(F)O4)c1. The number of halogens is 3. The lowest BCUT2D eigenvalue weighted by molar-refractivity contribution is -0.281. The van der Waals surface area contributed by atoms with Gasteiger partial charge in [-0.2, -0.15) is 13.2 Å². The van der Waals surface area contributed by atoms with Crippen LogP contribution in [0.5, 0.6) is 11.5 Å². The number of imidazole rings is 1. The number of ether oxygens (including phenoxy) is 2. The topological polar surface area (TPSA) is 60.0 Å². The molecule has 0 fully saturated rings. The van der Waals surface area contributed by atoms with E-state index in [-0.39, 0.29) is 11.5 Å². The molecular weight excluding hydrogens is 355 g/mol. The summed E-state index contributed by atoms with van der Waals surface area (Å²) < 4.78 is 48.8. The summed E-state index contributed by atoms with van der Waals surface area (Å²) in [6.07, 6.45) is -5.13. The third kappa shape index (κ3) is 3.11. The average Bonchev–Trinajstić information content (AvgIpc) is 2.93. The zero-order valence-electron chi connectivity index (χ0n) is 12.9. The van der Waals surface area contributed by atoms with Crippen LogP contribution in [-0.4, -0.2) is 27.4 Å². The summed E-state index contributed by atoms with van der Waals surface area (Å²) in [5.41, 5.74) is 2.98. The standard InChI is InChI=1S/C16H12F3N3O2S/c1-8-2-3-20-9(4-8)7-25-15-21-10-5-12-13(6-11(10)22-15)24-16(18,19)14(17)23-12/h2-6,14H,7H2,1H3,(H,21,22). The molecule has 0 bridgehead atoms. The van der Waals surface area contributed by atoms with Crippen LogP contribution in [0, 0.1) is 6.92 Å². The van der Waals surface area contributed by atoms with Crippen molar-refractivity contribution in [3.05, 3.63) is 41.7 Å². The molecule has 0 amide bonds. The predicted molar refractivity (Wildman–Crippen MR) is 85.7 cm³/mol. The van der Waals surface area contributed by atoms with E-state index in [0.717, 1.165) is 11.3 Å². The molecule has 0 saturated carbocycles. The largest absolute Gasteiger partial charge is 0.468 e. The van der Waals surface area contributed by atoms with Gasteiger partial charge in [-0.1, -0.05) is 11.8 Å². The number of fused-ring (bicyclic) bond motifs is 2. The molecule has 3 heterocycles. The van der Waals surface area contributed by atoms with Crippen LogP contribution in [-0.2, 0) is 5.75 Å². The van der Waals surface area contributed by atoms with Gasteiger partial charge in [0.1, 0.15) is 0 Å². The Morgan fingerprint density at radius 1 is 1.28 bits per heavy atom. The maximum Gasteiger partial charge on any atom is 0.468 e. The molecule has 25 heavy (non-hydrogen) atoms. The van der Waals surface area contributed by atoms with Crippen LogP contribution in [0.2, 0.25) is 0 Å². The first-order chi connectivity index (χ1) is 11.9. The second kappa shape index (κ2) is 5.83. The molecule has 1 atom stereocenters. The minimum Gasteiger partial charge on any atom is -0.447 e. The second-order valence-electron chi connectivity index (χ2n) is 5.57. The molecule has 9 heteroatoms. The highest BCUT2D eigenvalue weighted by molar-refractivity contribution is 7.98. The van der Waals surface area contributed by atoms with E-state index in [0.29, 0.717) is 21.9 Å². The number of alkyl halides is 3. The molecule has 0 aliphatic carbocycles. The molecule has 1 unspecified atom stereocenters. The number of nitrogens with one attached hydrogen (secondary N) is 1. The van der Waals surface area contributed by atoms with Crippen LogP contribution in [0.25, 0.3) is 11.0 Å². The van der Waals surface area contributed by atoms with Crippen molar-refractivity contribution in [1.82, 2.24) is 15.0 Å². The maximum atomic E-state index is 13.3. The molecule has 0 radical (unpaired) electrons. The van der Waals surface area contributed by atoms with E-state index >= 15 is 0 Å². The fraction of sp³-hybridized carbons (Fsp3) is 0.250. The number of aromatic amines is 1. The van der Waals surface area contributed by atoms with Gasteiger partial charge in [0.05, 0.1) is 16.7 Å². The van der Waals surface area contributed by atoms with Gasteiger partial charge >= 0.3 is 12.5 Å². The Balaban J connectivity index is 1.58. The highest BCUT2D eigenvalue weighted by Crippen LogP contribution is 2.42. The summed E-state index contributed by atoms with van der Waals surface area (Å²) in [7, 11) is 0. The van der Waals surface area contributed by atoms with Crippen molar-refractivity contribution in [3.63, 3.8) is 0 Å². The number of pyridine rings is 1. The highest BCUT2D eigenvalue weighted by atomic mass is 32.2. The number of H-pyrrole nitrogens is 1. The van der Waals surface area contributed by atoms with Crippen molar-refractivity contribution in [2.75, 3.05) is 0 Å². The van der Waals surface area contributed by atoms with Crippen molar-refractivity contribution in [2.24, 2.45) is 0 Å². The van der Waals surface area contributed by atoms with Crippen LogP contribution >= 0.6 is 11.8 Å². The summed E-state index contributed by atoms with van der Waals surface area (Å²) in [6, 6.07) is 6.58. The second-order valence-corrected chi connectivity index (χ2v) is 6.53. The first kappa shape index (κ1) is 16.1. The molecule has 1 aliphatic heterocycles. The lowest BCUT2D eigenvalue weighted by Crippen LogP contribution is -2.43. The van der Waals surface area contributed by atoms with Crippen LogP contribution in [0.3, 0.4) is 0 Å². The molecule has 1 aromatic carbocycles. The number of thioether (sulfide) groups is 1. The molecule has 4 rings (SSSR count). The summed E-state index contributed by atoms with van der Waals surface area (Å²) >= 11 is 1.42. The van der Waals surface area contributed by atoms with Gasteiger partial charge in [-0.3, -0.25) is 4.98 Å². The number of nitrogens with zero attached hydrogens (tertiary/aromatic N) is 2. The van der Waals surface area contributed by atoms with Gasteiger partial charge in [0.2, 0.25) is 0 Å². The summed E-state index contributed by atoms with van der Waals surface area (Å²) in [6.45, 7) is 1.98. The van der Waals surface area contributed by atoms with Crippen LogP contribution in [0.1, 0.15) is 11.3 Å². The van der Waals surface area contributed by atoms with Crippen molar-refractivity contribution in [1.29, 1.82) is 0 Å². The van der Waals surface area contributed by atoms with Crippen molar-refractivity contribution >= 4 is 22.8 Å². The van der Waals surface area contributed by atoms with E-state index in [9.17, 15) is 13.2 Å². The van der Waals surface area contributed by atoms with Gasteiger partial charge in [-0.05, 0) is 24.6 Å². The predicted octanol–water partition coefficient (Wildman–Crippen LogP) is 4.22. The Morgan fingerprint density at radius 2 is 2.12 bits per heavy atom. The molecule has 3 aromatic rings. The van der Waals surface area contributed by atoms with Crippen LogP contribution in [0.15, 0.2) is 35.6 Å². The minimum absolute atomic E-state index is 0.0912. The van der Waals surface area contributed by atoms with E-state index in [1.165, 1.54) is 23.9 Å². The molecule has 2 aromatic heterocycles. The van der Waals surface area contributed by atoms with Gasteiger partial charge in [-0.15, -0.1) is 0 Å². The zero-order valence-corrected chi connectivity index (χ0v) is 13.7. The van der Waals surface area contributed by atoms with E-state index in [4.69, 9.17) is 0 Å². The lowest BCUT2D eigenvalue weighted by Gasteiger charge is -2.28. The minimum atomic E-state index is -4.02. The van der Waals surface area contributed by atoms with E-state index in [2.05, 4.69) is 24.4 Å². The van der Waals surface area contributed by atoms with Crippen LogP contribution < -0.4 is 9.47 Å². The number of hydrogen-bond donors (Lipinski definition) is 1. The Morgan fingerprint density at radius 3 is 2.92 bits per heavy atom. The van der Waals surface area contributed by atoms with Crippen molar-refractivity contribution in [2.45, 2.75) is 30.3 Å². The number of aromatic nitrogens is 3. The van der Waals surface area contributed by atoms with E-state index < -0.39 is 12.5 Å². The number of hydrogen-bond acceptors (Lipinski definition) is 5. The Kier molecular flexibility index (Phi) is 3.75.